The first-order valence-corrected chi connectivity index (χ1v) is 5.77. The van der Waals surface area contributed by atoms with E-state index in [9.17, 15) is 9.59 Å². The molecule has 0 saturated carbocycles. The smallest absolute Gasteiger partial charge is 0.335 e. The number of rotatable bonds is 2. The molecule has 0 atom stereocenters. The second-order valence-corrected chi connectivity index (χ2v) is 4.47. The van der Waals surface area contributed by atoms with Crippen LogP contribution in [0.25, 0.3) is 10.9 Å². The number of carboxylic acids is 1. The molecular weight excluding hydrogens is 300 g/mol. The van der Waals surface area contributed by atoms with Crippen LogP contribution in [-0.2, 0) is 6.54 Å². The number of nitriles is 1. The van der Waals surface area contributed by atoms with Gasteiger partial charge < -0.3 is 5.11 Å². The highest BCUT2D eigenvalue weighted by molar-refractivity contribution is 9.10. The molecule has 0 bridgehead atoms. The summed E-state index contributed by atoms with van der Waals surface area (Å²) in [5.41, 5.74) is 0.346. The first-order chi connectivity index (χ1) is 8.54. The van der Waals surface area contributed by atoms with Crippen molar-refractivity contribution in [2.24, 2.45) is 0 Å². The number of halogens is 1. The van der Waals surface area contributed by atoms with E-state index >= 15 is 0 Å². The van der Waals surface area contributed by atoms with Gasteiger partial charge in [-0.1, -0.05) is 0 Å². The number of aromatic nitrogens is 1. The number of benzene rings is 1. The number of carbonyl (C=O) groups is 1. The number of hydrogen-bond acceptors (Lipinski definition) is 3. The summed E-state index contributed by atoms with van der Waals surface area (Å²) in [6, 6.07) is 7.65. The molecule has 1 N–H and O–H groups in total. The number of aromatic carboxylic acids is 1. The lowest BCUT2D eigenvalue weighted by Crippen LogP contribution is -2.19. The fourth-order valence-electron chi connectivity index (χ4n) is 1.74. The van der Waals surface area contributed by atoms with Crippen LogP contribution >= 0.6 is 15.9 Å². The minimum atomic E-state index is -1.05. The van der Waals surface area contributed by atoms with Gasteiger partial charge in [0, 0.05) is 15.9 Å². The van der Waals surface area contributed by atoms with Gasteiger partial charge in [0.1, 0.15) is 6.54 Å². The van der Waals surface area contributed by atoms with Gasteiger partial charge in [0.05, 0.1) is 17.1 Å². The Morgan fingerprint density at radius 1 is 1.44 bits per heavy atom. The van der Waals surface area contributed by atoms with E-state index < -0.39 is 5.97 Å². The highest BCUT2D eigenvalue weighted by atomic mass is 79.9. The first kappa shape index (κ1) is 12.3. The Morgan fingerprint density at radius 3 is 2.78 bits per heavy atom. The minimum Gasteiger partial charge on any atom is -0.478 e. The maximum atomic E-state index is 11.7. The van der Waals surface area contributed by atoms with Crippen molar-refractivity contribution >= 4 is 32.8 Å². The van der Waals surface area contributed by atoms with Crippen molar-refractivity contribution in [2.75, 3.05) is 0 Å². The van der Waals surface area contributed by atoms with E-state index in [1.165, 1.54) is 22.8 Å². The van der Waals surface area contributed by atoms with Crippen LogP contribution in [-0.4, -0.2) is 15.6 Å². The highest BCUT2D eigenvalue weighted by Crippen LogP contribution is 2.24. The number of fused-ring (bicyclic) bond motifs is 1. The van der Waals surface area contributed by atoms with Crippen LogP contribution in [0.1, 0.15) is 10.4 Å². The van der Waals surface area contributed by atoms with Crippen LogP contribution in [0.15, 0.2) is 33.5 Å². The summed E-state index contributed by atoms with van der Waals surface area (Å²) >= 11 is 3.24. The predicted octanol–water partition coefficient (Wildman–Crippen LogP) is 1.99. The third-order valence-electron chi connectivity index (χ3n) is 2.51. The van der Waals surface area contributed by atoms with Crippen molar-refractivity contribution in [1.82, 2.24) is 4.57 Å². The van der Waals surface area contributed by atoms with Gasteiger partial charge >= 0.3 is 5.97 Å². The monoisotopic (exact) mass is 306 g/mol. The quantitative estimate of drug-likeness (QED) is 0.919. The van der Waals surface area contributed by atoms with Crippen LogP contribution < -0.4 is 5.56 Å². The van der Waals surface area contributed by atoms with Gasteiger partial charge in [-0.25, -0.2) is 4.79 Å². The maximum absolute atomic E-state index is 11.7. The molecule has 1 aromatic carbocycles. The summed E-state index contributed by atoms with van der Waals surface area (Å²) < 4.78 is 1.77. The zero-order chi connectivity index (χ0) is 13.3. The molecule has 2 rings (SSSR count). The predicted molar refractivity (Wildman–Crippen MR) is 68.5 cm³/mol. The third-order valence-corrected chi connectivity index (χ3v) is 3.11. The van der Waals surface area contributed by atoms with Gasteiger partial charge in [0.15, 0.2) is 0 Å². The van der Waals surface area contributed by atoms with Crippen LogP contribution in [0.3, 0.4) is 0 Å². The van der Waals surface area contributed by atoms with Gasteiger partial charge in [-0.15, -0.1) is 0 Å². The summed E-state index contributed by atoms with van der Waals surface area (Å²) in [5.74, 6) is -1.05. The first-order valence-electron chi connectivity index (χ1n) is 4.98. The van der Waals surface area contributed by atoms with E-state index in [0.29, 0.717) is 15.4 Å². The van der Waals surface area contributed by atoms with E-state index in [4.69, 9.17) is 10.4 Å². The van der Waals surface area contributed by atoms with Crippen LogP contribution in [0.5, 0.6) is 0 Å². The topological polar surface area (TPSA) is 83.1 Å². The minimum absolute atomic E-state index is 0.0822. The van der Waals surface area contributed by atoms with Gasteiger partial charge in [-0.2, -0.15) is 5.26 Å². The van der Waals surface area contributed by atoms with E-state index in [1.54, 1.807) is 6.07 Å². The maximum Gasteiger partial charge on any atom is 0.335 e. The summed E-state index contributed by atoms with van der Waals surface area (Å²) in [4.78, 5) is 22.6. The standard InChI is InChI=1S/C12H7BrN2O3/c13-9-6-8(12(17)18)5-7-1-2-10(16)15(4-3-14)11(7)9/h1-2,5-6H,4H2,(H,17,18). The normalized spacial score (nSPS) is 10.2. The van der Waals surface area contributed by atoms with E-state index in [2.05, 4.69) is 15.9 Å². The molecule has 0 saturated heterocycles. The number of pyridine rings is 1. The summed E-state index contributed by atoms with van der Waals surface area (Å²) in [7, 11) is 0. The fraction of sp³-hybridized carbons (Fsp3) is 0.0833. The lowest BCUT2D eigenvalue weighted by Gasteiger charge is -2.09. The summed E-state index contributed by atoms with van der Waals surface area (Å²) in [6.45, 7) is -0.0822. The molecule has 0 radical (unpaired) electrons. The molecule has 0 spiro atoms. The summed E-state index contributed by atoms with van der Waals surface area (Å²) in [6.07, 6.45) is 0. The Bertz CT molecular complexity index is 743. The average molecular weight is 307 g/mol. The Labute approximate surface area is 110 Å². The number of nitrogens with zero attached hydrogens (tertiary/aromatic N) is 2. The Morgan fingerprint density at radius 2 is 2.17 bits per heavy atom. The molecule has 0 aliphatic carbocycles. The molecule has 18 heavy (non-hydrogen) atoms. The molecule has 90 valence electrons. The Kier molecular flexibility index (Phi) is 3.17. The molecule has 0 unspecified atom stereocenters. The van der Waals surface area contributed by atoms with Gasteiger partial charge in [0.25, 0.3) is 5.56 Å². The molecule has 0 fully saturated rings. The zero-order valence-electron chi connectivity index (χ0n) is 9.05. The molecule has 6 heteroatoms. The Balaban J connectivity index is 2.88. The van der Waals surface area contributed by atoms with E-state index in [1.807, 2.05) is 6.07 Å². The average Bonchev–Trinajstić information content (AvgIpc) is 2.32. The van der Waals surface area contributed by atoms with Crippen LogP contribution in [0.2, 0.25) is 0 Å². The van der Waals surface area contributed by atoms with Crippen molar-refractivity contribution in [3.8, 4) is 6.07 Å². The number of carboxylic acid groups (broad SMARTS) is 1. The molecule has 0 aliphatic heterocycles. The molecule has 1 heterocycles. The lowest BCUT2D eigenvalue weighted by atomic mass is 10.1. The summed E-state index contributed by atoms with van der Waals surface area (Å²) in [5, 5.41) is 18.3. The second kappa shape index (κ2) is 4.63. The zero-order valence-corrected chi connectivity index (χ0v) is 10.6. The molecule has 0 amide bonds. The van der Waals surface area contributed by atoms with Crippen molar-refractivity contribution in [2.45, 2.75) is 6.54 Å². The molecule has 2 aromatic rings. The number of hydrogen-bond donors (Lipinski definition) is 1. The largest absolute Gasteiger partial charge is 0.478 e. The SMILES string of the molecule is N#CCn1c(=O)ccc2cc(C(=O)O)cc(Br)c21. The molecule has 5 nitrogen and oxygen atoms in total. The van der Waals surface area contributed by atoms with Gasteiger partial charge in [0.2, 0.25) is 0 Å². The molecule has 0 aliphatic rings. The van der Waals surface area contributed by atoms with E-state index in [-0.39, 0.29) is 17.7 Å². The van der Waals surface area contributed by atoms with Crippen molar-refractivity contribution in [3.05, 3.63) is 44.7 Å². The second-order valence-electron chi connectivity index (χ2n) is 3.62. The van der Waals surface area contributed by atoms with Crippen LogP contribution in [0, 0.1) is 11.3 Å². The van der Waals surface area contributed by atoms with Gasteiger partial charge in [-0.3, -0.25) is 9.36 Å². The van der Waals surface area contributed by atoms with Gasteiger partial charge in [-0.05, 0) is 34.1 Å². The Hall–Kier alpha value is -2.13. The molecule has 1 aromatic heterocycles. The fourth-order valence-corrected chi connectivity index (χ4v) is 2.43. The van der Waals surface area contributed by atoms with Crippen molar-refractivity contribution < 1.29 is 9.90 Å². The van der Waals surface area contributed by atoms with Crippen molar-refractivity contribution in [3.63, 3.8) is 0 Å². The highest BCUT2D eigenvalue weighted by Gasteiger charge is 2.11. The van der Waals surface area contributed by atoms with Crippen molar-refractivity contribution in [1.29, 1.82) is 5.26 Å². The molecular formula is C12H7BrN2O3. The third kappa shape index (κ3) is 2.00. The van der Waals surface area contributed by atoms with Crippen LogP contribution in [0.4, 0.5) is 0 Å². The lowest BCUT2D eigenvalue weighted by molar-refractivity contribution is 0.0697. The van der Waals surface area contributed by atoms with E-state index in [0.717, 1.165) is 0 Å².